The van der Waals surface area contributed by atoms with Crippen LogP contribution in [-0.4, -0.2) is 32.2 Å². The van der Waals surface area contributed by atoms with Crippen LogP contribution in [0.3, 0.4) is 0 Å². The second-order valence-electron chi connectivity index (χ2n) is 3.32. The normalized spacial score (nSPS) is 14.2. The summed E-state index contributed by atoms with van der Waals surface area (Å²) in [5, 5.41) is 2.80. The summed E-state index contributed by atoms with van der Waals surface area (Å²) in [4.78, 5) is 7.41. The predicted octanol–water partition coefficient (Wildman–Crippen LogP) is 0.0802. The van der Waals surface area contributed by atoms with Gasteiger partial charge in [0.15, 0.2) is 11.6 Å². The first-order chi connectivity index (χ1) is 7.52. The van der Waals surface area contributed by atoms with Gasteiger partial charge in [0.2, 0.25) is 5.95 Å². The SMILES string of the molecule is CC(CS(C)=O)Nc1nc(NN)ncc1F. The molecule has 0 bridgehead atoms. The molecule has 4 N–H and O–H groups in total. The minimum atomic E-state index is -0.952. The van der Waals surface area contributed by atoms with E-state index in [0.717, 1.165) is 6.20 Å². The molecule has 1 rings (SSSR count). The van der Waals surface area contributed by atoms with E-state index in [1.54, 1.807) is 13.2 Å². The topological polar surface area (TPSA) is 92.9 Å². The van der Waals surface area contributed by atoms with Gasteiger partial charge >= 0.3 is 0 Å². The quantitative estimate of drug-likeness (QED) is 0.504. The number of halogens is 1. The maximum absolute atomic E-state index is 13.3. The second-order valence-corrected chi connectivity index (χ2v) is 4.80. The second kappa shape index (κ2) is 5.71. The number of anilines is 2. The summed E-state index contributed by atoms with van der Waals surface area (Å²) in [6.07, 6.45) is 2.60. The van der Waals surface area contributed by atoms with E-state index in [9.17, 15) is 8.60 Å². The van der Waals surface area contributed by atoms with E-state index in [1.807, 2.05) is 0 Å². The molecule has 6 nitrogen and oxygen atoms in total. The van der Waals surface area contributed by atoms with Crippen molar-refractivity contribution in [1.29, 1.82) is 0 Å². The van der Waals surface area contributed by atoms with Crippen LogP contribution in [0.1, 0.15) is 6.92 Å². The molecule has 1 aromatic rings. The molecule has 0 aliphatic rings. The molecule has 90 valence electrons. The summed E-state index contributed by atoms with van der Waals surface area (Å²) in [6.45, 7) is 1.79. The molecule has 1 heterocycles. The zero-order chi connectivity index (χ0) is 12.1. The lowest BCUT2D eigenvalue weighted by Crippen LogP contribution is -2.24. The number of nitrogen functional groups attached to an aromatic ring is 1. The van der Waals surface area contributed by atoms with E-state index in [2.05, 4.69) is 20.7 Å². The molecule has 0 amide bonds. The predicted molar refractivity (Wildman–Crippen MR) is 61.8 cm³/mol. The van der Waals surface area contributed by atoms with Gasteiger partial charge in [0.25, 0.3) is 0 Å². The van der Waals surface area contributed by atoms with Crippen LogP contribution in [0.5, 0.6) is 0 Å². The number of nitrogens with zero attached hydrogens (tertiary/aromatic N) is 2. The third kappa shape index (κ3) is 3.70. The fraction of sp³-hybridized carbons (Fsp3) is 0.500. The van der Waals surface area contributed by atoms with Gasteiger partial charge in [0.05, 0.1) is 6.20 Å². The van der Waals surface area contributed by atoms with Crippen molar-refractivity contribution in [3.8, 4) is 0 Å². The maximum atomic E-state index is 13.3. The molecular weight excluding hydrogens is 233 g/mol. The van der Waals surface area contributed by atoms with E-state index >= 15 is 0 Å². The Bertz CT molecular complexity index is 389. The molecule has 1 aromatic heterocycles. The van der Waals surface area contributed by atoms with Crippen LogP contribution >= 0.6 is 0 Å². The summed E-state index contributed by atoms with van der Waals surface area (Å²) in [6, 6.07) is -0.152. The molecule has 0 fully saturated rings. The average molecular weight is 247 g/mol. The fourth-order valence-corrected chi connectivity index (χ4v) is 1.95. The van der Waals surface area contributed by atoms with Gasteiger partial charge in [-0.05, 0) is 6.92 Å². The molecule has 16 heavy (non-hydrogen) atoms. The highest BCUT2D eigenvalue weighted by Gasteiger charge is 2.10. The first-order valence-electron chi connectivity index (χ1n) is 4.58. The molecule has 0 saturated carbocycles. The van der Waals surface area contributed by atoms with Crippen LogP contribution in [0.2, 0.25) is 0 Å². The zero-order valence-electron chi connectivity index (χ0n) is 9.03. The number of hydrogen-bond donors (Lipinski definition) is 3. The van der Waals surface area contributed by atoms with Crippen molar-refractivity contribution in [3.05, 3.63) is 12.0 Å². The molecule has 0 aliphatic carbocycles. The minimum Gasteiger partial charge on any atom is -0.364 e. The molecular formula is C8H14FN5OS. The van der Waals surface area contributed by atoms with E-state index in [1.165, 1.54) is 0 Å². The zero-order valence-corrected chi connectivity index (χ0v) is 9.84. The van der Waals surface area contributed by atoms with Crippen molar-refractivity contribution in [3.63, 3.8) is 0 Å². The summed E-state index contributed by atoms with van der Waals surface area (Å²) >= 11 is 0. The van der Waals surface area contributed by atoms with Crippen LogP contribution in [0.15, 0.2) is 6.20 Å². The van der Waals surface area contributed by atoms with Gasteiger partial charge in [0.1, 0.15) is 0 Å². The molecule has 0 aromatic carbocycles. The smallest absolute Gasteiger partial charge is 0.239 e. The highest BCUT2D eigenvalue weighted by atomic mass is 32.2. The molecule has 0 saturated heterocycles. The molecule has 0 spiro atoms. The standard InChI is InChI=1S/C8H14FN5OS/c1-5(4-16(2)15)12-7-6(9)3-11-8(13-7)14-10/h3,5H,4,10H2,1-2H3,(H2,11,12,13,14). The summed E-state index contributed by atoms with van der Waals surface area (Å²) < 4.78 is 24.2. The first-order valence-corrected chi connectivity index (χ1v) is 6.31. The Morgan fingerprint density at radius 3 is 2.94 bits per heavy atom. The van der Waals surface area contributed by atoms with E-state index in [4.69, 9.17) is 5.84 Å². The number of hydrazine groups is 1. The highest BCUT2D eigenvalue weighted by molar-refractivity contribution is 7.84. The number of hydrogen-bond acceptors (Lipinski definition) is 6. The Morgan fingerprint density at radius 2 is 2.38 bits per heavy atom. The Balaban J connectivity index is 2.75. The van der Waals surface area contributed by atoms with Gasteiger partial charge in [-0.3, -0.25) is 9.63 Å². The monoisotopic (exact) mass is 247 g/mol. The van der Waals surface area contributed by atoms with Gasteiger partial charge in [0, 0.05) is 28.9 Å². The van der Waals surface area contributed by atoms with E-state index < -0.39 is 16.6 Å². The summed E-state index contributed by atoms with van der Waals surface area (Å²) in [5.74, 6) is 5.10. The third-order valence-electron chi connectivity index (χ3n) is 1.74. The average Bonchev–Trinajstić information content (AvgIpc) is 2.20. The number of nitrogens with one attached hydrogen (secondary N) is 2. The van der Waals surface area contributed by atoms with Crippen molar-refractivity contribution >= 4 is 22.6 Å². The Labute approximate surface area is 95.3 Å². The lowest BCUT2D eigenvalue weighted by atomic mass is 10.4. The molecule has 0 aliphatic heterocycles. The fourth-order valence-electron chi connectivity index (χ4n) is 1.17. The van der Waals surface area contributed by atoms with Crippen molar-refractivity contribution in [2.45, 2.75) is 13.0 Å². The molecule has 8 heteroatoms. The largest absolute Gasteiger partial charge is 0.364 e. The van der Waals surface area contributed by atoms with Crippen LogP contribution in [0.4, 0.5) is 16.2 Å². The highest BCUT2D eigenvalue weighted by Crippen LogP contribution is 2.12. The van der Waals surface area contributed by atoms with Crippen molar-refractivity contribution in [1.82, 2.24) is 9.97 Å². The van der Waals surface area contributed by atoms with Gasteiger partial charge in [-0.15, -0.1) is 0 Å². The van der Waals surface area contributed by atoms with Crippen molar-refractivity contribution in [2.75, 3.05) is 22.8 Å². The summed E-state index contributed by atoms with van der Waals surface area (Å²) in [5.41, 5.74) is 2.22. The number of aromatic nitrogens is 2. The lowest BCUT2D eigenvalue weighted by molar-refractivity contribution is 0.614. The molecule has 0 radical (unpaired) electrons. The number of rotatable bonds is 5. The Kier molecular flexibility index (Phi) is 4.56. The Hall–Kier alpha value is -1.28. The number of nitrogens with two attached hydrogens (primary N) is 1. The van der Waals surface area contributed by atoms with Gasteiger partial charge < -0.3 is 5.32 Å². The first kappa shape index (κ1) is 12.8. The minimum absolute atomic E-state index is 0.0425. The van der Waals surface area contributed by atoms with Crippen molar-refractivity contribution in [2.24, 2.45) is 5.84 Å². The molecule has 2 unspecified atom stereocenters. The Morgan fingerprint density at radius 1 is 1.69 bits per heavy atom. The van der Waals surface area contributed by atoms with Gasteiger partial charge in [-0.2, -0.15) is 4.98 Å². The van der Waals surface area contributed by atoms with Gasteiger partial charge in [-0.1, -0.05) is 0 Å². The van der Waals surface area contributed by atoms with E-state index in [0.29, 0.717) is 5.75 Å². The third-order valence-corrected chi connectivity index (χ3v) is 2.71. The van der Waals surface area contributed by atoms with Crippen LogP contribution in [0.25, 0.3) is 0 Å². The van der Waals surface area contributed by atoms with Gasteiger partial charge in [-0.25, -0.2) is 15.2 Å². The van der Waals surface area contributed by atoms with Crippen LogP contribution < -0.4 is 16.6 Å². The van der Waals surface area contributed by atoms with E-state index in [-0.39, 0.29) is 17.8 Å². The maximum Gasteiger partial charge on any atom is 0.239 e. The van der Waals surface area contributed by atoms with Crippen LogP contribution in [0, 0.1) is 5.82 Å². The molecule has 2 atom stereocenters. The summed E-state index contributed by atoms with van der Waals surface area (Å²) in [7, 11) is -0.952. The van der Waals surface area contributed by atoms with Crippen LogP contribution in [-0.2, 0) is 10.8 Å². The van der Waals surface area contributed by atoms with Crippen molar-refractivity contribution < 1.29 is 8.60 Å². The lowest BCUT2D eigenvalue weighted by Gasteiger charge is -2.13.